The molecule has 2 aliphatic carbocycles. The Morgan fingerprint density at radius 3 is 2.22 bits per heavy atom. The number of carbonyl (C=O) groups excluding carboxylic acids is 2. The molecular formula is C46H41N5O9. The zero-order valence-corrected chi connectivity index (χ0v) is 33.3. The Labute approximate surface area is 342 Å². The first-order valence-corrected chi connectivity index (χ1v) is 19.5. The third kappa shape index (κ3) is 5.61. The van der Waals surface area contributed by atoms with Crippen molar-refractivity contribution >= 4 is 28.2 Å². The lowest BCUT2D eigenvalue weighted by Gasteiger charge is -2.54. The van der Waals surface area contributed by atoms with Gasteiger partial charge in [0.25, 0.3) is 5.56 Å². The Morgan fingerprint density at radius 1 is 0.833 bits per heavy atom. The summed E-state index contributed by atoms with van der Waals surface area (Å²) in [7, 11) is 6.09. The molecule has 304 valence electrons. The van der Waals surface area contributed by atoms with E-state index in [-0.39, 0.29) is 54.5 Å². The first kappa shape index (κ1) is 38.3. The lowest BCUT2D eigenvalue weighted by Crippen LogP contribution is -2.58. The highest BCUT2D eigenvalue weighted by molar-refractivity contribution is 6.31. The average Bonchev–Trinajstić information content (AvgIpc) is 3.52. The summed E-state index contributed by atoms with van der Waals surface area (Å²) in [6.07, 6.45) is 3.22. The van der Waals surface area contributed by atoms with Gasteiger partial charge in [0.1, 0.15) is 17.2 Å². The molecule has 1 aliphatic heterocycles. The monoisotopic (exact) mass is 807 g/mol. The van der Waals surface area contributed by atoms with Crippen LogP contribution in [-0.2, 0) is 41.6 Å². The first-order chi connectivity index (χ1) is 29.0. The van der Waals surface area contributed by atoms with Gasteiger partial charge in [-0.15, -0.1) is 0 Å². The summed E-state index contributed by atoms with van der Waals surface area (Å²) in [5, 5.41) is 11.7. The average molecular weight is 808 g/mol. The number of methoxy groups -OCH3 is 3. The molecule has 1 N–H and O–H groups in total. The van der Waals surface area contributed by atoms with E-state index in [2.05, 4.69) is 4.98 Å². The van der Waals surface area contributed by atoms with Crippen molar-refractivity contribution in [2.75, 3.05) is 21.3 Å². The van der Waals surface area contributed by atoms with Gasteiger partial charge in [-0.1, -0.05) is 72.8 Å². The molecule has 0 bridgehead atoms. The third-order valence-corrected chi connectivity index (χ3v) is 12.5. The fourth-order valence-corrected chi connectivity index (χ4v) is 9.70. The van der Waals surface area contributed by atoms with E-state index in [1.807, 2.05) is 42.5 Å². The van der Waals surface area contributed by atoms with Crippen LogP contribution in [0.5, 0.6) is 23.0 Å². The molecule has 0 amide bonds. The Kier molecular flexibility index (Phi) is 9.29. The van der Waals surface area contributed by atoms with Crippen LogP contribution in [-0.4, -0.2) is 61.5 Å². The summed E-state index contributed by atoms with van der Waals surface area (Å²) in [4.78, 5) is 77.4. The summed E-state index contributed by atoms with van der Waals surface area (Å²) in [5.74, 6) is -1.48. The van der Waals surface area contributed by atoms with Gasteiger partial charge < -0.3 is 23.9 Å². The standard InChI is InChI=1S/C46H41N5O9/c1-48-36-25-39(60-4)38(59-3)24-34(36)47-33(43(48)55)18-19-49-44(56)50-20-17-29-35(51(50)45(49)57)23-32-42(54)31(26-11-7-5-8-12-26)22-40(53)46(32,27-13-9-6-10-14-27)41(29)30-16-15-28(58-2)21-37(30)52/h5-17,21-22,24-25,32,35,41,52H,18-20,23H2,1-4H3. The van der Waals surface area contributed by atoms with E-state index in [9.17, 15) is 19.5 Å². The van der Waals surface area contributed by atoms with E-state index < -0.39 is 40.2 Å². The van der Waals surface area contributed by atoms with E-state index in [1.54, 1.807) is 55.6 Å². The van der Waals surface area contributed by atoms with Crippen molar-refractivity contribution in [1.29, 1.82) is 0 Å². The highest BCUT2D eigenvalue weighted by Crippen LogP contribution is 2.62. The van der Waals surface area contributed by atoms with Crippen LogP contribution in [0.15, 0.2) is 123 Å². The number of phenolic OH excluding ortho intramolecular Hbond substituents is 1. The molecule has 9 rings (SSSR count). The predicted octanol–water partition coefficient (Wildman–Crippen LogP) is 4.49. The molecule has 0 spiro atoms. The lowest BCUT2D eigenvalue weighted by atomic mass is 9.47. The number of Topliss-reactive ketones (excluding diaryl/α,β-unsaturated/α-hetero) is 1. The number of benzene rings is 4. The maximum absolute atomic E-state index is 15.2. The van der Waals surface area contributed by atoms with Gasteiger partial charge in [-0.2, -0.15) is 0 Å². The zero-order valence-electron chi connectivity index (χ0n) is 33.3. The van der Waals surface area contributed by atoms with E-state index in [0.29, 0.717) is 50.5 Å². The number of nitrogens with zero attached hydrogens (tertiary/aromatic N) is 5. The molecular weight excluding hydrogens is 767 g/mol. The third-order valence-electron chi connectivity index (χ3n) is 12.5. The van der Waals surface area contributed by atoms with Crippen molar-refractivity contribution in [1.82, 2.24) is 23.5 Å². The van der Waals surface area contributed by atoms with Gasteiger partial charge >= 0.3 is 11.4 Å². The molecule has 4 atom stereocenters. The highest BCUT2D eigenvalue weighted by Gasteiger charge is 2.63. The molecule has 60 heavy (non-hydrogen) atoms. The van der Waals surface area contributed by atoms with Crippen molar-refractivity contribution in [3.05, 3.63) is 162 Å². The number of allylic oxidation sites excluding steroid dienone is 4. The molecule has 3 heterocycles. The second-order valence-electron chi connectivity index (χ2n) is 15.3. The number of aryl methyl sites for hydroxylation is 2. The normalized spacial score (nSPS) is 20.8. The lowest BCUT2D eigenvalue weighted by molar-refractivity contribution is -0.133. The maximum atomic E-state index is 15.2. The number of hydrogen-bond acceptors (Lipinski definition) is 10. The first-order valence-electron chi connectivity index (χ1n) is 19.5. The van der Waals surface area contributed by atoms with Crippen LogP contribution in [0.1, 0.15) is 40.8 Å². The quantitative estimate of drug-likeness (QED) is 0.206. The second-order valence-corrected chi connectivity index (χ2v) is 15.3. The van der Waals surface area contributed by atoms with Gasteiger partial charge in [-0.25, -0.2) is 28.5 Å². The minimum absolute atomic E-state index is 0.00429. The SMILES string of the molecule is COc1ccc(C2C3=CCn4c(=O)n(CCc5nc6cc(OC)c(OC)cc6n(C)c5=O)c(=O)n4C3CC3C(=O)C(c4ccccc4)=CC(=O)C32c2ccccc2)c(O)c1. The Balaban J connectivity index is 1.19. The number of fused-ring (bicyclic) bond motifs is 5. The smallest absolute Gasteiger partial charge is 0.347 e. The molecule has 1 saturated carbocycles. The molecule has 0 saturated heterocycles. The van der Waals surface area contributed by atoms with Crippen molar-refractivity contribution in [3.8, 4) is 23.0 Å². The number of rotatable bonds is 9. The van der Waals surface area contributed by atoms with Gasteiger partial charge in [0.15, 0.2) is 23.1 Å². The molecule has 0 radical (unpaired) electrons. The maximum Gasteiger partial charge on any atom is 0.347 e. The summed E-state index contributed by atoms with van der Waals surface area (Å²) in [6.45, 7) is -0.188. The molecule has 4 unspecified atom stereocenters. The summed E-state index contributed by atoms with van der Waals surface area (Å²) in [5.41, 5.74) is 0.351. The number of aromatic nitrogens is 5. The van der Waals surface area contributed by atoms with Crippen LogP contribution in [0, 0.1) is 5.92 Å². The number of carbonyl (C=O) groups is 2. The van der Waals surface area contributed by atoms with Crippen LogP contribution in [0.2, 0.25) is 0 Å². The minimum atomic E-state index is -1.53. The zero-order chi connectivity index (χ0) is 42.0. The number of aromatic hydroxyl groups is 1. The van der Waals surface area contributed by atoms with Gasteiger partial charge in [-0.05, 0) is 35.3 Å². The summed E-state index contributed by atoms with van der Waals surface area (Å²) < 4.78 is 21.5. The fourth-order valence-electron chi connectivity index (χ4n) is 9.70. The van der Waals surface area contributed by atoms with E-state index in [4.69, 9.17) is 14.2 Å². The number of ketones is 2. The number of ether oxygens (including phenoxy) is 3. The van der Waals surface area contributed by atoms with Crippen molar-refractivity contribution < 1.29 is 28.9 Å². The van der Waals surface area contributed by atoms with E-state index in [1.165, 1.54) is 47.4 Å². The van der Waals surface area contributed by atoms with Crippen molar-refractivity contribution in [2.45, 2.75) is 43.3 Å². The Hall–Kier alpha value is -7.22. The number of phenols is 1. The van der Waals surface area contributed by atoms with Crippen LogP contribution >= 0.6 is 0 Å². The fraction of sp³-hybridized carbons (Fsp3) is 0.261. The highest BCUT2D eigenvalue weighted by atomic mass is 16.5. The predicted molar refractivity (Wildman–Crippen MR) is 222 cm³/mol. The molecule has 1 fully saturated rings. The van der Waals surface area contributed by atoms with Gasteiger partial charge in [-0.3, -0.25) is 14.4 Å². The molecule has 3 aliphatic rings. The molecule has 14 heteroatoms. The van der Waals surface area contributed by atoms with Crippen LogP contribution in [0.4, 0.5) is 0 Å². The van der Waals surface area contributed by atoms with Gasteiger partial charge in [0, 0.05) is 61.2 Å². The summed E-state index contributed by atoms with van der Waals surface area (Å²) >= 11 is 0. The molecule has 6 aromatic rings. The largest absolute Gasteiger partial charge is 0.508 e. The molecule has 14 nitrogen and oxygen atoms in total. The molecule has 2 aromatic heterocycles. The van der Waals surface area contributed by atoms with Crippen LogP contribution < -0.4 is 31.1 Å². The van der Waals surface area contributed by atoms with Crippen LogP contribution in [0.25, 0.3) is 16.6 Å². The van der Waals surface area contributed by atoms with Crippen molar-refractivity contribution in [3.63, 3.8) is 0 Å². The number of hydrogen-bond donors (Lipinski definition) is 1. The van der Waals surface area contributed by atoms with Crippen LogP contribution in [0.3, 0.4) is 0 Å². The second kappa shape index (κ2) is 14.6. The Bertz CT molecular complexity index is 2990. The topological polar surface area (TPSA) is 166 Å². The summed E-state index contributed by atoms with van der Waals surface area (Å²) in [6, 6.07) is 25.4. The van der Waals surface area contributed by atoms with Gasteiger partial charge in [0.05, 0.1) is 50.4 Å². The van der Waals surface area contributed by atoms with E-state index >= 15 is 9.59 Å². The van der Waals surface area contributed by atoms with Gasteiger partial charge in [0.2, 0.25) is 0 Å². The Morgan fingerprint density at radius 2 is 1.53 bits per heavy atom. The van der Waals surface area contributed by atoms with Crippen molar-refractivity contribution in [2.24, 2.45) is 13.0 Å². The van der Waals surface area contributed by atoms with E-state index in [0.717, 1.165) is 4.57 Å². The minimum Gasteiger partial charge on any atom is -0.508 e. The molecule has 4 aromatic carbocycles.